The van der Waals surface area contributed by atoms with E-state index in [-0.39, 0.29) is 11.9 Å². The van der Waals surface area contributed by atoms with Crippen LogP contribution in [0.15, 0.2) is 30.7 Å². The van der Waals surface area contributed by atoms with Crippen LogP contribution in [-0.2, 0) is 11.3 Å². The summed E-state index contributed by atoms with van der Waals surface area (Å²) in [5.74, 6) is -0.374. The maximum absolute atomic E-state index is 10.9. The first-order valence-electron chi connectivity index (χ1n) is 5.64. The molecule has 4 N–H and O–H groups in total. The molecule has 6 heteroatoms. The zero-order valence-corrected chi connectivity index (χ0v) is 10.1. The second-order valence-corrected chi connectivity index (χ2v) is 4.02. The van der Waals surface area contributed by atoms with Crippen LogP contribution < -0.4 is 11.1 Å². The van der Waals surface area contributed by atoms with E-state index < -0.39 is 0 Å². The lowest BCUT2D eigenvalue weighted by molar-refractivity contribution is -0.119. The van der Waals surface area contributed by atoms with Crippen molar-refractivity contribution in [3.8, 4) is 11.3 Å². The number of aromatic amines is 1. The van der Waals surface area contributed by atoms with Crippen LogP contribution in [0.4, 0.5) is 0 Å². The van der Waals surface area contributed by atoms with E-state index in [2.05, 4.69) is 20.5 Å². The van der Waals surface area contributed by atoms with Crippen LogP contribution in [0.3, 0.4) is 0 Å². The number of carbonyl (C=O) groups is 1. The standard InChI is InChI=1S/C12H15N5O/c1-8(12(13)18)15-6-10-7-16-17-11(10)9-3-2-4-14-5-9/h2-5,7-8,15H,6H2,1H3,(H2,13,18)(H,16,17). The minimum Gasteiger partial charge on any atom is -0.368 e. The third-order valence-corrected chi connectivity index (χ3v) is 2.69. The fraction of sp³-hybridized carbons (Fsp3) is 0.250. The Bertz CT molecular complexity index is 522. The molecule has 94 valence electrons. The number of aromatic nitrogens is 3. The third-order valence-electron chi connectivity index (χ3n) is 2.69. The largest absolute Gasteiger partial charge is 0.368 e. The van der Waals surface area contributed by atoms with Crippen LogP contribution in [0.2, 0.25) is 0 Å². The molecule has 1 unspecified atom stereocenters. The third kappa shape index (κ3) is 2.72. The van der Waals surface area contributed by atoms with Gasteiger partial charge in [-0.25, -0.2) is 0 Å². The highest BCUT2D eigenvalue weighted by Crippen LogP contribution is 2.19. The van der Waals surface area contributed by atoms with Gasteiger partial charge in [0, 0.05) is 30.1 Å². The number of H-pyrrole nitrogens is 1. The number of amides is 1. The van der Waals surface area contributed by atoms with Gasteiger partial charge in [-0.05, 0) is 19.1 Å². The predicted molar refractivity (Wildman–Crippen MR) is 67.3 cm³/mol. The van der Waals surface area contributed by atoms with Gasteiger partial charge in [0.05, 0.1) is 17.9 Å². The van der Waals surface area contributed by atoms with Crippen LogP contribution in [0, 0.1) is 0 Å². The van der Waals surface area contributed by atoms with Gasteiger partial charge in [0.25, 0.3) is 0 Å². The lowest BCUT2D eigenvalue weighted by Crippen LogP contribution is -2.38. The van der Waals surface area contributed by atoms with Crippen molar-refractivity contribution in [3.63, 3.8) is 0 Å². The molecule has 2 rings (SSSR count). The summed E-state index contributed by atoms with van der Waals surface area (Å²) in [5, 5.41) is 9.98. The first kappa shape index (κ1) is 12.3. The average Bonchev–Trinajstić information content (AvgIpc) is 2.85. The average molecular weight is 245 g/mol. The number of carbonyl (C=O) groups excluding carboxylic acids is 1. The molecule has 2 heterocycles. The number of nitrogens with two attached hydrogens (primary N) is 1. The molecule has 0 saturated carbocycles. The summed E-state index contributed by atoms with van der Waals surface area (Å²) in [7, 11) is 0. The number of nitrogens with zero attached hydrogens (tertiary/aromatic N) is 2. The number of nitrogens with one attached hydrogen (secondary N) is 2. The molecule has 2 aromatic rings. The van der Waals surface area contributed by atoms with E-state index in [0.29, 0.717) is 6.54 Å². The first-order chi connectivity index (χ1) is 8.68. The fourth-order valence-corrected chi connectivity index (χ4v) is 1.57. The maximum Gasteiger partial charge on any atom is 0.234 e. The monoisotopic (exact) mass is 245 g/mol. The maximum atomic E-state index is 10.9. The van der Waals surface area contributed by atoms with E-state index in [4.69, 9.17) is 5.73 Å². The fourth-order valence-electron chi connectivity index (χ4n) is 1.57. The van der Waals surface area contributed by atoms with Crippen LogP contribution >= 0.6 is 0 Å². The van der Waals surface area contributed by atoms with Crippen molar-refractivity contribution in [2.75, 3.05) is 0 Å². The molecule has 0 aliphatic rings. The summed E-state index contributed by atoms with van der Waals surface area (Å²) in [4.78, 5) is 15.0. The van der Waals surface area contributed by atoms with Crippen molar-refractivity contribution in [2.24, 2.45) is 5.73 Å². The zero-order valence-electron chi connectivity index (χ0n) is 10.1. The zero-order chi connectivity index (χ0) is 13.0. The highest BCUT2D eigenvalue weighted by Gasteiger charge is 2.11. The van der Waals surface area contributed by atoms with Crippen LogP contribution in [-0.4, -0.2) is 27.1 Å². The van der Waals surface area contributed by atoms with Crippen molar-refractivity contribution in [1.29, 1.82) is 0 Å². The van der Waals surface area contributed by atoms with Crippen LogP contribution in [0.25, 0.3) is 11.3 Å². The Balaban J connectivity index is 2.12. The number of hydrogen-bond acceptors (Lipinski definition) is 4. The van der Waals surface area contributed by atoms with Gasteiger partial charge in [-0.15, -0.1) is 0 Å². The van der Waals surface area contributed by atoms with E-state index in [1.807, 2.05) is 12.1 Å². The molecule has 0 aliphatic heterocycles. The van der Waals surface area contributed by atoms with Gasteiger partial charge in [-0.3, -0.25) is 14.9 Å². The highest BCUT2D eigenvalue weighted by atomic mass is 16.1. The quantitative estimate of drug-likeness (QED) is 0.711. The molecule has 0 spiro atoms. The van der Waals surface area contributed by atoms with Crippen molar-refractivity contribution >= 4 is 5.91 Å². The summed E-state index contributed by atoms with van der Waals surface area (Å²) >= 11 is 0. The number of primary amides is 1. The Morgan fingerprint density at radius 1 is 1.56 bits per heavy atom. The van der Waals surface area contributed by atoms with E-state index in [1.54, 1.807) is 25.5 Å². The van der Waals surface area contributed by atoms with Crippen molar-refractivity contribution < 1.29 is 4.79 Å². The predicted octanol–water partition coefficient (Wildman–Crippen LogP) is 0.435. The molecule has 1 atom stereocenters. The lowest BCUT2D eigenvalue weighted by atomic mass is 10.1. The molecular formula is C12H15N5O. The smallest absolute Gasteiger partial charge is 0.234 e. The number of pyridine rings is 1. The van der Waals surface area contributed by atoms with Gasteiger partial charge in [0.1, 0.15) is 0 Å². The molecule has 18 heavy (non-hydrogen) atoms. The molecule has 0 aliphatic carbocycles. The summed E-state index contributed by atoms with van der Waals surface area (Å²) < 4.78 is 0. The van der Waals surface area contributed by atoms with Gasteiger partial charge in [-0.2, -0.15) is 5.10 Å². The van der Waals surface area contributed by atoms with Crippen LogP contribution in [0.1, 0.15) is 12.5 Å². The minimum absolute atomic E-state index is 0.373. The van der Waals surface area contributed by atoms with E-state index in [0.717, 1.165) is 16.8 Å². The molecule has 0 fully saturated rings. The second kappa shape index (κ2) is 5.42. The minimum atomic E-state index is -0.374. The first-order valence-corrected chi connectivity index (χ1v) is 5.64. The van der Waals surface area contributed by atoms with E-state index >= 15 is 0 Å². The molecule has 0 bridgehead atoms. The number of rotatable bonds is 5. The topological polar surface area (TPSA) is 96.7 Å². The summed E-state index contributed by atoms with van der Waals surface area (Å²) in [6.45, 7) is 2.25. The van der Waals surface area contributed by atoms with Crippen LogP contribution in [0.5, 0.6) is 0 Å². The summed E-state index contributed by atoms with van der Waals surface area (Å²) in [6, 6.07) is 3.43. The Hall–Kier alpha value is -2.21. The molecular weight excluding hydrogens is 230 g/mol. The Morgan fingerprint density at radius 3 is 3.06 bits per heavy atom. The molecule has 0 radical (unpaired) electrons. The SMILES string of the molecule is CC(NCc1cn[nH]c1-c1cccnc1)C(N)=O. The molecule has 6 nitrogen and oxygen atoms in total. The van der Waals surface area contributed by atoms with Gasteiger partial charge in [0.2, 0.25) is 5.91 Å². The molecule has 0 aromatic carbocycles. The van der Waals surface area contributed by atoms with E-state index in [1.165, 1.54) is 0 Å². The summed E-state index contributed by atoms with van der Waals surface area (Å²) in [6.07, 6.45) is 5.20. The highest BCUT2D eigenvalue weighted by molar-refractivity contribution is 5.79. The van der Waals surface area contributed by atoms with Gasteiger partial charge in [0.15, 0.2) is 0 Å². The molecule has 1 amide bonds. The number of hydrogen-bond donors (Lipinski definition) is 3. The Kier molecular flexibility index (Phi) is 3.69. The molecule has 0 saturated heterocycles. The summed E-state index contributed by atoms with van der Waals surface area (Å²) in [5.41, 5.74) is 8.01. The van der Waals surface area contributed by atoms with E-state index in [9.17, 15) is 4.79 Å². The van der Waals surface area contributed by atoms with Gasteiger partial charge < -0.3 is 11.1 Å². The van der Waals surface area contributed by atoms with Crippen molar-refractivity contribution in [1.82, 2.24) is 20.5 Å². The van der Waals surface area contributed by atoms with Crippen molar-refractivity contribution in [3.05, 3.63) is 36.3 Å². The van der Waals surface area contributed by atoms with Gasteiger partial charge >= 0.3 is 0 Å². The Labute approximate surface area is 105 Å². The van der Waals surface area contributed by atoms with Gasteiger partial charge in [-0.1, -0.05) is 0 Å². The second-order valence-electron chi connectivity index (χ2n) is 4.02. The van der Waals surface area contributed by atoms with Crippen molar-refractivity contribution in [2.45, 2.75) is 19.5 Å². The lowest BCUT2D eigenvalue weighted by Gasteiger charge is -2.09. The molecule has 2 aromatic heterocycles. The normalized spacial score (nSPS) is 12.3. The Morgan fingerprint density at radius 2 is 2.39 bits per heavy atom.